The van der Waals surface area contributed by atoms with Crippen LogP contribution in [0.4, 0.5) is 18.0 Å². The lowest BCUT2D eigenvalue weighted by Crippen LogP contribution is -2.28. The number of amidine groups is 1. The number of nitrogens with two attached hydrogens (primary N) is 1. The summed E-state index contributed by atoms with van der Waals surface area (Å²) in [6.45, 7) is -0.0384. The van der Waals surface area contributed by atoms with Crippen molar-refractivity contribution in [1.82, 2.24) is 10.3 Å². The van der Waals surface area contributed by atoms with Gasteiger partial charge in [-0.25, -0.2) is 9.78 Å². The Labute approximate surface area is 133 Å². The van der Waals surface area contributed by atoms with E-state index in [9.17, 15) is 26.4 Å². The van der Waals surface area contributed by atoms with E-state index in [2.05, 4.69) is 19.5 Å². The van der Waals surface area contributed by atoms with Crippen molar-refractivity contribution in [1.29, 1.82) is 0 Å². The zero-order valence-corrected chi connectivity index (χ0v) is 13.1. The van der Waals surface area contributed by atoms with Crippen LogP contribution in [0.15, 0.2) is 23.3 Å². The molecule has 0 fully saturated rings. The maximum Gasteiger partial charge on any atom is 0.534 e. The number of hydrogen-bond acceptors (Lipinski definition) is 6. The number of nitrogens with one attached hydrogen (secondary N) is 1. The summed E-state index contributed by atoms with van der Waals surface area (Å²) in [5, 5.41) is 2.41. The lowest BCUT2D eigenvalue weighted by Gasteiger charge is -2.09. The SMILES string of the molecule is CS/C(N)=N/C(=O)NCc1ccc(OS(=O)(=O)C(F)(F)F)nc1. The standard InChI is InChI=1S/C10H11F3N4O4S2/c1-22-8(14)17-9(18)16-5-6-2-3-7(15-4-6)21-23(19,20)10(11,12)13/h2-4H,5H2,1H3,(H3,14,16,17,18). The van der Waals surface area contributed by atoms with Gasteiger partial charge in [-0.3, -0.25) is 0 Å². The molecule has 0 aliphatic rings. The molecule has 0 saturated carbocycles. The second-order valence-corrected chi connectivity index (χ2v) is 6.17. The molecule has 8 nitrogen and oxygen atoms in total. The Bertz CT molecular complexity index is 689. The fourth-order valence-electron chi connectivity index (χ4n) is 1.09. The lowest BCUT2D eigenvalue weighted by molar-refractivity contribution is -0.0501. The number of thioether (sulfide) groups is 1. The Kier molecular flexibility index (Phi) is 6.20. The molecular formula is C10H11F3N4O4S2. The minimum atomic E-state index is -5.77. The number of carbonyl (C=O) groups is 1. The van der Waals surface area contributed by atoms with E-state index >= 15 is 0 Å². The Balaban J connectivity index is 2.66. The number of rotatable bonds is 4. The molecule has 0 bridgehead atoms. The molecule has 13 heteroatoms. The fourth-order valence-corrected chi connectivity index (χ4v) is 1.68. The summed E-state index contributed by atoms with van der Waals surface area (Å²) in [5.41, 5.74) is 0.168. The average molecular weight is 372 g/mol. The summed E-state index contributed by atoms with van der Waals surface area (Å²) >= 11 is 1.07. The molecule has 0 radical (unpaired) electrons. The van der Waals surface area contributed by atoms with Gasteiger partial charge in [0.15, 0.2) is 5.17 Å². The third kappa shape index (κ3) is 5.94. The fraction of sp³-hybridized carbons (Fsp3) is 0.300. The van der Waals surface area contributed by atoms with Crippen molar-refractivity contribution in [3.8, 4) is 5.88 Å². The Hall–Kier alpha value is -2.02. The molecule has 3 N–H and O–H groups in total. The van der Waals surface area contributed by atoms with Gasteiger partial charge >= 0.3 is 21.7 Å². The number of urea groups is 1. The zero-order valence-electron chi connectivity index (χ0n) is 11.5. The Morgan fingerprint density at radius 3 is 2.61 bits per heavy atom. The van der Waals surface area contributed by atoms with Crippen LogP contribution >= 0.6 is 11.8 Å². The molecular weight excluding hydrogens is 361 g/mol. The number of hydrogen-bond donors (Lipinski definition) is 2. The molecule has 1 aromatic rings. The van der Waals surface area contributed by atoms with Gasteiger partial charge in [0.05, 0.1) is 0 Å². The quantitative estimate of drug-likeness (QED) is 0.352. The summed E-state index contributed by atoms with van der Waals surface area (Å²) in [6.07, 6.45) is 2.67. The molecule has 1 rings (SSSR count). The average Bonchev–Trinajstić information content (AvgIpc) is 2.45. The van der Waals surface area contributed by atoms with Gasteiger partial charge in [-0.2, -0.15) is 26.6 Å². The smallest absolute Gasteiger partial charge is 0.378 e. The molecule has 0 atom stereocenters. The van der Waals surface area contributed by atoms with Crippen LogP contribution in [0, 0.1) is 0 Å². The number of pyridine rings is 1. The Morgan fingerprint density at radius 1 is 1.48 bits per heavy atom. The minimum absolute atomic E-state index is 0.0384. The van der Waals surface area contributed by atoms with Crippen LogP contribution in [0.3, 0.4) is 0 Å². The molecule has 0 aliphatic carbocycles. The van der Waals surface area contributed by atoms with Gasteiger partial charge in [0.25, 0.3) is 0 Å². The van der Waals surface area contributed by atoms with E-state index in [1.807, 2.05) is 0 Å². The van der Waals surface area contributed by atoms with Crippen LogP contribution < -0.4 is 15.2 Å². The largest absolute Gasteiger partial charge is 0.534 e. The molecule has 1 heterocycles. The third-order valence-corrected chi connectivity index (χ3v) is 3.61. The van der Waals surface area contributed by atoms with Crippen LogP contribution in [0.25, 0.3) is 0 Å². The first kappa shape index (κ1) is 19.0. The van der Waals surface area contributed by atoms with Crippen molar-refractivity contribution in [2.24, 2.45) is 10.7 Å². The number of alkyl halides is 3. The van der Waals surface area contributed by atoms with E-state index < -0.39 is 27.5 Å². The highest BCUT2D eigenvalue weighted by molar-refractivity contribution is 8.13. The Morgan fingerprint density at radius 2 is 2.13 bits per heavy atom. The molecule has 0 spiro atoms. The van der Waals surface area contributed by atoms with Gasteiger partial charge in [-0.1, -0.05) is 17.8 Å². The molecule has 0 unspecified atom stereocenters. The lowest BCUT2D eigenvalue weighted by atomic mass is 10.3. The highest BCUT2D eigenvalue weighted by atomic mass is 32.2. The van der Waals surface area contributed by atoms with E-state index in [-0.39, 0.29) is 11.7 Å². The van der Waals surface area contributed by atoms with Crippen LogP contribution in [0.1, 0.15) is 5.56 Å². The molecule has 0 aliphatic heterocycles. The molecule has 2 amide bonds. The summed E-state index contributed by atoms with van der Waals surface area (Å²) in [5.74, 6) is -0.748. The predicted octanol–water partition coefficient (Wildman–Crippen LogP) is 1.20. The second-order valence-electron chi connectivity index (χ2n) is 3.80. The van der Waals surface area contributed by atoms with Crippen molar-refractivity contribution in [2.45, 2.75) is 12.1 Å². The molecule has 0 aromatic carbocycles. The van der Waals surface area contributed by atoms with Gasteiger partial charge in [-0.05, 0) is 11.8 Å². The maximum absolute atomic E-state index is 12.1. The zero-order chi connectivity index (χ0) is 17.7. The molecule has 23 heavy (non-hydrogen) atoms. The van der Waals surface area contributed by atoms with Crippen molar-refractivity contribution < 1.29 is 30.6 Å². The summed E-state index contributed by atoms with van der Waals surface area (Å²) in [7, 11) is -5.77. The predicted molar refractivity (Wildman–Crippen MR) is 77.2 cm³/mol. The van der Waals surface area contributed by atoms with E-state index in [4.69, 9.17) is 5.73 Å². The van der Waals surface area contributed by atoms with Crippen molar-refractivity contribution in [2.75, 3.05) is 6.26 Å². The monoisotopic (exact) mass is 372 g/mol. The number of aromatic nitrogens is 1. The van der Waals surface area contributed by atoms with Gasteiger partial charge in [0.1, 0.15) is 0 Å². The van der Waals surface area contributed by atoms with E-state index in [0.29, 0.717) is 5.56 Å². The van der Waals surface area contributed by atoms with Gasteiger partial charge in [0.2, 0.25) is 5.88 Å². The number of amides is 2. The van der Waals surface area contributed by atoms with Gasteiger partial charge < -0.3 is 15.2 Å². The highest BCUT2D eigenvalue weighted by Crippen LogP contribution is 2.25. The van der Waals surface area contributed by atoms with Crippen molar-refractivity contribution >= 4 is 33.1 Å². The second kappa shape index (κ2) is 7.50. The molecule has 128 valence electrons. The maximum atomic E-state index is 12.1. The topological polar surface area (TPSA) is 124 Å². The summed E-state index contributed by atoms with van der Waals surface area (Å²) in [4.78, 5) is 18.2. The van der Waals surface area contributed by atoms with E-state index in [0.717, 1.165) is 24.0 Å². The highest BCUT2D eigenvalue weighted by Gasteiger charge is 2.48. The van der Waals surface area contributed by atoms with Crippen LogP contribution in [0.2, 0.25) is 0 Å². The molecule has 0 saturated heterocycles. The van der Waals surface area contributed by atoms with Gasteiger partial charge in [-0.15, -0.1) is 0 Å². The number of halogens is 3. The summed E-state index contributed by atoms with van der Waals surface area (Å²) in [6, 6.07) is 1.44. The number of nitrogens with zero attached hydrogens (tertiary/aromatic N) is 2. The normalized spacial score (nSPS) is 12.8. The number of carbonyl (C=O) groups excluding carboxylic acids is 1. The van der Waals surface area contributed by atoms with Crippen LogP contribution in [-0.2, 0) is 16.7 Å². The third-order valence-electron chi connectivity index (χ3n) is 2.14. The summed E-state index contributed by atoms with van der Waals surface area (Å²) < 4.78 is 61.8. The van der Waals surface area contributed by atoms with Crippen LogP contribution in [0.5, 0.6) is 5.88 Å². The minimum Gasteiger partial charge on any atom is -0.378 e. The van der Waals surface area contributed by atoms with Gasteiger partial charge in [0, 0.05) is 18.8 Å². The van der Waals surface area contributed by atoms with Crippen LogP contribution in [-0.4, -0.2) is 36.4 Å². The van der Waals surface area contributed by atoms with E-state index in [1.165, 1.54) is 6.07 Å². The first-order valence-corrected chi connectivity index (χ1v) is 8.30. The van der Waals surface area contributed by atoms with Crippen molar-refractivity contribution in [3.05, 3.63) is 23.9 Å². The molecule has 1 aromatic heterocycles. The number of aliphatic imine (C=N–C) groups is 1. The first-order valence-electron chi connectivity index (χ1n) is 5.67. The van der Waals surface area contributed by atoms with E-state index in [1.54, 1.807) is 6.26 Å². The van der Waals surface area contributed by atoms with Crippen molar-refractivity contribution in [3.63, 3.8) is 0 Å². The first-order chi connectivity index (χ1) is 10.5.